The maximum atomic E-state index is 11.8. The molecule has 2 aromatic heterocycles. The average Bonchev–Trinajstić information content (AvgIpc) is 2.57. The van der Waals surface area contributed by atoms with Gasteiger partial charge in [-0.25, -0.2) is 4.98 Å². The van der Waals surface area contributed by atoms with Gasteiger partial charge in [0.25, 0.3) is 5.91 Å². The van der Waals surface area contributed by atoms with Gasteiger partial charge >= 0.3 is 0 Å². The molecule has 0 aromatic carbocycles. The van der Waals surface area contributed by atoms with Crippen molar-refractivity contribution in [2.24, 2.45) is 0 Å². The molecule has 0 radical (unpaired) electrons. The monoisotopic (exact) mass is 315 g/mol. The highest BCUT2D eigenvalue weighted by Crippen LogP contribution is 2.03. The van der Waals surface area contributed by atoms with Gasteiger partial charge in [0.05, 0.1) is 0 Å². The Morgan fingerprint density at radius 1 is 1.22 bits per heavy atom. The van der Waals surface area contributed by atoms with Crippen molar-refractivity contribution in [1.82, 2.24) is 9.97 Å². The van der Waals surface area contributed by atoms with Gasteiger partial charge in [0, 0.05) is 37.2 Å². The van der Waals surface area contributed by atoms with Crippen LogP contribution >= 0.6 is 0 Å². The molecule has 2 aromatic rings. The number of aryl methyl sites for hydroxylation is 1. The van der Waals surface area contributed by atoms with E-state index in [1.165, 1.54) is 31.4 Å². The van der Waals surface area contributed by atoms with Gasteiger partial charge in [-0.05, 0) is 38.3 Å². The van der Waals surface area contributed by atoms with E-state index in [4.69, 9.17) is 4.74 Å². The molecule has 1 aliphatic rings. The van der Waals surface area contributed by atoms with Crippen molar-refractivity contribution in [1.29, 1.82) is 0 Å². The van der Waals surface area contributed by atoms with Gasteiger partial charge in [0.2, 0.25) is 0 Å². The van der Waals surface area contributed by atoms with Crippen LogP contribution < -0.4 is 10.7 Å². The third-order valence-corrected chi connectivity index (χ3v) is 3.21. The predicted octanol–water partition coefficient (Wildman–Crippen LogP) is 2.52. The topological polar surface area (TPSA) is 84.1 Å². The normalized spacial score (nSPS) is 13.6. The Labute approximate surface area is 134 Å². The fourth-order valence-corrected chi connectivity index (χ4v) is 2.11. The number of anilines is 1. The molecule has 1 amide bonds. The highest BCUT2D eigenvalue weighted by molar-refractivity contribution is 6.02. The van der Waals surface area contributed by atoms with Crippen LogP contribution in [0.5, 0.6) is 0 Å². The summed E-state index contributed by atoms with van der Waals surface area (Å²) in [5, 5.41) is 2.59. The zero-order chi connectivity index (χ0) is 16.5. The first-order chi connectivity index (χ1) is 11.1. The molecule has 1 aliphatic heterocycles. The van der Waals surface area contributed by atoms with Crippen LogP contribution in [0.15, 0.2) is 41.3 Å². The summed E-state index contributed by atoms with van der Waals surface area (Å²) in [5.41, 5.74) is 0.664. The molecule has 1 saturated heterocycles. The van der Waals surface area contributed by atoms with Crippen LogP contribution in [-0.2, 0) is 4.74 Å². The van der Waals surface area contributed by atoms with E-state index >= 15 is 0 Å². The number of carbonyl (C=O) groups is 1. The second kappa shape index (κ2) is 8.85. The lowest BCUT2D eigenvalue weighted by molar-refractivity contribution is 0.0968. The molecule has 0 aliphatic carbocycles. The molecule has 3 rings (SSSR count). The number of aromatic amines is 1. The minimum atomic E-state index is -0.385. The summed E-state index contributed by atoms with van der Waals surface area (Å²) in [6.45, 7) is 3.72. The van der Waals surface area contributed by atoms with Crippen molar-refractivity contribution < 1.29 is 9.53 Å². The van der Waals surface area contributed by atoms with E-state index in [-0.39, 0.29) is 17.0 Å². The van der Waals surface area contributed by atoms with Crippen molar-refractivity contribution in [3.8, 4) is 0 Å². The second-order valence-corrected chi connectivity index (χ2v) is 5.25. The zero-order valence-corrected chi connectivity index (χ0v) is 13.2. The zero-order valence-electron chi connectivity index (χ0n) is 13.2. The second-order valence-electron chi connectivity index (χ2n) is 5.25. The first-order valence-corrected chi connectivity index (χ1v) is 7.66. The summed E-state index contributed by atoms with van der Waals surface area (Å²) in [4.78, 5) is 29.8. The standard InChI is InChI=1S/C12H11N3O2.C5H10O/c1-8-6-9(16)7-10(14-8)12(17)15-11-4-2-3-5-13-11;1-2-4-6-5-3-1/h2-7H,1H3,(H,14,16)(H,13,15,17);1-5H2. The number of carbonyl (C=O) groups excluding carboxylic acids is 1. The first-order valence-electron chi connectivity index (χ1n) is 7.66. The molecule has 23 heavy (non-hydrogen) atoms. The highest BCUT2D eigenvalue weighted by atomic mass is 16.5. The molecule has 6 nitrogen and oxygen atoms in total. The molecule has 0 spiro atoms. The molecule has 122 valence electrons. The SMILES string of the molecule is C1CCOCC1.Cc1cc(=O)cc(C(=O)Nc2ccccn2)[nH]1. The highest BCUT2D eigenvalue weighted by Gasteiger charge is 2.08. The lowest BCUT2D eigenvalue weighted by atomic mass is 10.2. The fraction of sp³-hybridized carbons (Fsp3) is 0.353. The smallest absolute Gasteiger partial charge is 0.273 e. The maximum absolute atomic E-state index is 11.8. The van der Waals surface area contributed by atoms with Gasteiger partial charge in [0.15, 0.2) is 5.43 Å². The third-order valence-electron chi connectivity index (χ3n) is 3.21. The van der Waals surface area contributed by atoms with Gasteiger partial charge in [-0.3, -0.25) is 9.59 Å². The van der Waals surface area contributed by atoms with Crippen LogP contribution in [0, 0.1) is 6.92 Å². The van der Waals surface area contributed by atoms with Crippen molar-refractivity contribution in [2.45, 2.75) is 26.2 Å². The third kappa shape index (κ3) is 6.04. The largest absolute Gasteiger partial charge is 0.381 e. The Hall–Kier alpha value is -2.47. The molecule has 1 fully saturated rings. The van der Waals surface area contributed by atoms with Crippen LogP contribution in [-0.4, -0.2) is 29.1 Å². The molecular weight excluding hydrogens is 294 g/mol. The number of nitrogens with zero attached hydrogens (tertiary/aromatic N) is 1. The van der Waals surface area contributed by atoms with Crippen LogP contribution in [0.3, 0.4) is 0 Å². The summed E-state index contributed by atoms with van der Waals surface area (Å²) in [7, 11) is 0. The number of pyridine rings is 2. The summed E-state index contributed by atoms with van der Waals surface area (Å²) < 4.78 is 5.07. The molecule has 0 bridgehead atoms. The quantitative estimate of drug-likeness (QED) is 0.892. The predicted molar refractivity (Wildman–Crippen MR) is 88.7 cm³/mol. The maximum Gasteiger partial charge on any atom is 0.273 e. The number of nitrogens with one attached hydrogen (secondary N) is 2. The number of hydrogen-bond donors (Lipinski definition) is 2. The van der Waals surface area contributed by atoms with E-state index in [1.54, 1.807) is 31.3 Å². The van der Waals surface area contributed by atoms with Gasteiger partial charge < -0.3 is 15.0 Å². The number of amides is 1. The van der Waals surface area contributed by atoms with E-state index in [0.717, 1.165) is 13.2 Å². The van der Waals surface area contributed by atoms with Crippen molar-refractivity contribution >= 4 is 11.7 Å². The first kappa shape index (κ1) is 16.9. The summed E-state index contributed by atoms with van der Waals surface area (Å²) in [6.07, 6.45) is 5.51. The van der Waals surface area contributed by atoms with E-state index in [2.05, 4.69) is 15.3 Å². The fourth-order valence-electron chi connectivity index (χ4n) is 2.11. The number of rotatable bonds is 2. The van der Waals surface area contributed by atoms with Crippen LogP contribution in [0.1, 0.15) is 35.4 Å². The summed E-state index contributed by atoms with van der Waals surface area (Å²) >= 11 is 0. The summed E-state index contributed by atoms with van der Waals surface area (Å²) in [5.74, 6) is 0.0596. The van der Waals surface area contributed by atoms with E-state index in [9.17, 15) is 9.59 Å². The van der Waals surface area contributed by atoms with Gasteiger partial charge in [-0.1, -0.05) is 6.07 Å². The number of H-pyrrole nitrogens is 1. The average molecular weight is 315 g/mol. The van der Waals surface area contributed by atoms with E-state index in [0.29, 0.717) is 11.5 Å². The molecule has 2 N–H and O–H groups in total. The van der Waals surface area contributed by atoms with Crippen molar-refractivity contribution in [2.75, 3.05) is 18.5 Å². The van der Waals surface area contributed by atoms with E-state index < -0.39 is 0 Å². The Morgan fingerprint density at radius 2 is 2.00 bits per heavy atom. The van der Waals surface area contributed by atoms with Gasteiger partial charge in [0.1, 0.15) is 11.5 Å². The number of ether oxygens (including phenoxy) is 1. The Balaban J connectivity index is 0.000000268. The molecule has 0 atom stereocenters. The van der Waals surface area contributed by atoms with Gasteiger partial charge in [-0.15, -0.1) is 0 Å². The number of aromatic nitrogens is 2. The van der Waals surface area contributed by atoms with Crippen LogP contribution in [0.4, 0.5) is 5.82 Å². The number of hydrogen-bond acceptors (Lipinski definition) is 4. The molecule has 3 heterocycles. The molecule has 0 saturated carbocycles. The minimum Gasteiger partial charge on any atom is -0.381 e. The Bertz CT molecular complexity index is 667. The van der Waals surface area contributed by atoms with E-state index in [1.807, 2.05) is 0 Å². The Kier molecular flexibility index (Phi) is 6.50. The van der Waals surface area contributed by atoms with Crippen LogP contribution in [0.25, 0.3) is 0 Å². The molecular formula is C17H21N3O3. The van der Waals surface area contributed by atoms with Crippen molar-refractivity contribution in [3.63, 3.8) is 0 Å². The molecule has 6 heteroatoms. The molecule has 0 unspecified atom stereocenters. The van der Waals surface area contributed by atoms with Crippen molar-refractivity contribution in [3.05, 3.63) is 58.1 Å². The van der Waals surface area contributed by atoms with Crippen LogP contribution in [0.2, 0.25) is 0 Å². The minimum absolute atomic E-state index is 0.201. The lowest BCUT2D eigenvalue weighted by Crippen LogP contribution is -2.17. The summed E-state index contributed by atoms with van der Waals surface area (Å²) in [6, 6.07) is 7.88. The lowest BCUT2D eigenvalue weighted by Gasteiger charge is -2.08. The Morgan fingerprint density at radius 3 is 2.52 bits per heavy atom. The van der Waals surface area contributed by atoms with Gasteiger partial charge in [-0.2, -0.15) is 0 Å².